The summed E-state index contributed by atoms with van der Waals surface area (Å²) in [5.74, 6) is 0.567. The number of aromatic nitrogens is 1. The number of pyridine rings is 1. The molecule has 0 saturated carbocycles. The Morgan fingerprint density at radius 1 is 1.42 bits per heavy atom. The van der Waals surface area contributed by atoms with E-state index in [4.69, 9.17) is 5.73 Å². The Balaban J connectivity index is 2.34. The smallest absolute Gasteiger partial charge is 0.0406 e. The van der Waals surface area contributed by atoms with Crippen molar-refractivity contribution in [1.29, 1.82) is 0 Å². The van der Waals surface area contributed by atoms with E-state index < -0.39 is 0 Å². The van der Waals surface area contributed by atoms with Crippen LogP contribution in [-0.2, 0) is 0 Å². The third-order valence-corrected chi connectivity index (χ3v) is 4.32. The Kier molecular flexibility index (Phi) is 5.34. The minimum absolute atomic E-state index is 0.459. The zero-order valence-electron chi connectivity index (χ0n) is 12.3. The lowest BCUT2D eigenvalue weighted by molar-refractivity contribution is 0.157. The summed E-state index contributed by atoms with van der Waals surface area (Å²) in [6.07, 6.45) is 8.99. The summed E-state index contributed by atoms with van der Waals surface area (Å²) < 4.78 is 0. The molecule has 1 aromatic heterocycles. The van der Waals surface area contributed by atoms with Crippen LogP contribution in [0.2, 0.25) is 0 Å². The van der Waals surface area contributed by atoms with Crippen molar-refractivity contribution in [2.24, 2.45) is 11.7 Å². The first-order valence-electron chi connectivity index (χ1n) is 7.62. The van der Waals surface area contributed by atoms with Crippen LogP contribution in [0.5, 0.6) is 0 Å². The number of nitrogens with zero attached hydrogens (tertiary/aromatic N) is 2. The van der Waals surface area contributed by atoms with E-state index in [1.165, 1.54) is 43.4 Å². The van der Waals surface area contributed by atoms with Gasteiger partial charge in [0.25, 0.3) is 0 Å². The minimum atomic E-state index is 0.459. The molecule has 0 aliphatic carbocycles. The van der Waals surface area contributed by atoms with Crippen LogP contribution >= 0.6 is 0 Å². The third-order valence-electron chi connectivity index (χ3n) is 4.32. The van der Waals surface area contributed by atoms with Crippen LogP contribution in [-0.4, -0.2) is 29.5 Å². The number of nitrogens with two attached hydrogens (primary N) is 1. The van der Waals surface area contributed by atoms with Crippen LogP contribution in [0.1, 0.15) is 49.8 Å². The molecule has 0 aromatic carbocycles. The molecule has 1 aliphatic rings. The average Bonchev–Trinajstić information content (AvgIpc) is 2.62. The molecule has 1 fully saturated rings. The molecule has 0 amide bonds. The first-order chi connectivity index (χ1) is 9.27. The summed E-state index contributed by atoms with van der Waals surface area (Å²) in [4.78, 5) is 6.98. The van der Waals surface area contributed by atoms with Crippen molar-refractivity contribution < 1.29 is 0 Å². The van der Waals surface area contributed by atoms with Gasteiger partial charge in [0.2, 0.25) is 0 Å². The summed E-state index contributed by atoms with van der Waals surface area (Å²) in [6, 6.07) is 2.58. The normalized spacial score (nSPS) is 25.2. The van der Waals surface area contributed by atoms with Gasteiger partial charge in [-0.3, -0.25) is 9.88 Å². The van der Waals surface area contributed by atoms with E-state index in [0.717, 1.165) is 13.1 Å². The van der Waals surface area contributed by atoms with Gasteiger partial charge in [0, 0.05) is 18.4 Å². The standard InChI is InChI=1S/C16H27N3/c1-3-9-19-10-5-4-6-14(11-17)16(19)15-12-18-8-7-13(15)2/h7-8,12,14,16H,3-6,9-11,17H2,1-2H3. The lowest BCUT2D eigenvalue weighted by Gasteiger charge is -2.35. The summed E-state index contributed by atoms with van der Waals surface area (Å²) >= 11 is 0. The molecule has 0 spiro atoms. The van der Waals surface area contributed by atoms with Crippen LogP contribution in [0.3, 0.4) is 0 Å². The Labute approximate surface area is 117 Å². The van der Waals surface area contributed by atoms with Crippen molar-refractivity contribution >= 4 is 0 Å². The Bertz CT molecular complexity index is 391. The predicted molar refractivity (Wildman–Crippen MR) is 80.0 cm³/mol. The quantitative estimate of drug-likeness (QED) is 0.906. The molecule has 3 heteroatoms. The SMILES string of the molecule is CCCN1CCCCC(CN)C1c1cnccc1C. The molecule has 2 unspecified atom stereocenters. The number of aryl methyl sites for hydroxylation is 1. The van der Waals surface area contributed by atoms with Gasteiger partial charge in [-0.05, 0) is 68.9 Å². The highest BCUT2D eigenvalue weighted by molar-refractivity contribution is 5.26. The fraction of sp³-hybridized carbons (Fsp3) is 0.688. The second kappa shape index (κ2) is 7.01. The summed E-state index contributed by atoms with van der Waals surface area (Å²) in [6.45, 7) is 7.59. The number of likely N-dealkylation sites (tertiary alicyclic amines) is 1. The second-order valence-corrected chi connectivity index (χ2v) is 5.70. The Morgan fingerprint density at radius 2 is 2.26 bits per heavy atom. The van der Waals surface area contributed by atoms with Crippen molar-refractivity contribution in [3.05, 3.63) is 29.6 Å². The van der Waals surface area contributed by atoms with Crippen LogP contribution in [0.4, 0.5) is 0 Å². The molecule has 1 aliphatic heterocycles. The topological polar surface area (TPSA) is 42.1 Å². The van der Waals surface area contributed by atoms with Crippen molar-refractivity contribution in [3.63, 3.8) is 0 Å². The molecule has 0 bridgehead atoms. The van der Waals surface area contributed by atoms with E-state index in [1.807, 2.05) is 6.20 Å². The number of hydrogen-bond donors (Lipinski definition) is 1. The zero-order chi connectivity index (χ0) is 13.7. The lowest BCUT2D eigenvalue weighted by atomic mass is 9.88. The van der Waals surface area contributed by atoms with Crippen LogP contribution in [0.15, 0.2) is 18.5 Å². The molecule has 106 valence electrons. The molecule has 19 heavy (non-hydrogen) atoms. The minimum Gasteiger partial charge on any atom is -0.330 e. The van der Waals surface area contributed by atoms with Crippen molar-refractivity contribution in [3.8, 4) is 0 Å². The zero-order valence-corrected chi connectivity index (χ0v) is 12.3. The first kappa shape index (κ1) is 14.5. The van der Waals surface area contributed by atoms with Gasteiger partial charge in [-0.25, -0.2) is 0 Å². The van der Waals surface area contributed by atoms with Gasteiger partial charge in [0.1, 0.15) is 0 Å². The molecule has 2 rings (SSSR count). The van der Waals surface area contributed by atoms with E-state index in [0.29, 0.717) is 12.0 Å². The van der Waals surface area contributed by atoms with Gasteiger partial charge >= 0.3 is 0 Å². The molecule has 1 saturated heterocycles. The molecular formula is C16H27N3. The highest BCUT2D eigenvalue weighted by Crippen LogP contribution is 2.35. The third kappa shape index (κ3) is 3.34. The molecule has 1 aromatic rings. The number of hydrogen-bond acceptors (Lipinski definition) is 3. The van der Waals surface area contributed by atoms with Gasteiger partial charge in [0.15, 0.2) is 0 Å². The van der Waals surface area contributed by atoms with E-state index in [-0.39, 0.29) is 0 Å². The first-order valence-corrected chi connectivity index (χ1v) is 7.62. The van der Waals surface area contributed by atoms with Gasteiger partial charge in [-0.1, -0.05) is 13.3 Å². The monoisotopic (exact) mass is 261 g/mol. The van der Waals surface area contributed by atoms with Gasteiger partial charge in [0.05, 0.1) is 0 Å². The van der Waals surface area contributed by atoms with Crippen LogP contribution < -0.4 is 5.73 Å². The molecule has 3 nitrogen and oxygen atoms in total. The molecule has 2 N–H and O–H groups in total. The van der Waals surface area contributed by atoms with Gasteiger partial charge < -0.3 is 5.73 Å². The van der Waals surface area contributed by atoms with Crippen molar-refractivity contribution in [1.82, 2.24) is 9.88 Å². The van der Waals surface area contributed by atoms with Crippen molar-refractivity contribution in [2.45, 2.75) is 45.6 Å². The average molecular weight is 261 g/mol. The fourth-order valence-corrected chi connectivity index (χ4v) is 3.34. The van der Waals surface area contributed by atoms with E-state index in [1.54, 1.807) is 0 Å². The molecule has 2 atom stereocenters. The maximum atomic E-state index is 6.06. The fourth-order valence-electron chi connectivity index (χ4n) is 3.34. The number of rotatable bonds is 4. The van der Waals surface area contributed by atoms with Crippen molar-refractivity contribution in [2.75, 3.05) is 19.6 Å². The lowest BCUT2D eigenvalue weighted by Crippen LogP contribution is -2.36. The maximum Gasteiger partial charge on any atom is 0.0406 e. The predicted octanol–water partition coefficient (Wildman–Crippen LogP) is 2.90. The Morgan fingerprint density at radius 3 is 2.95 bits per heavy atom. The molecular weight excluding hydrogens is 234 g/mol. The maximum absolute atomic E-state index is 6.06. The summed E-state index contributed by atoms with van der Waals surface area (Å²) in [5.41, 5.74) is 8.79. The van der Waals surface area contributed by atoms with E-state index in [2.05, 4.69) is 36.0 Å². The van der Waals surface area contributed by atoms with Crippen LogP contribution in [0, 0.1) is 12.8 Å². The Hall–Kier alpha value is -0.930. The molecule has 0 radical (unpaired) electrons. The largest absolute Gasteiger partial charge is 0.330 e. The highest BCUT2D eigenvalue weighted by Gasteiger charge is 2.30. The highest BCUT2D eigenvalue weighted by atomic mass is 15.2. The van der Waals surface area contributed by atoms with Gasteiger partial charge in [-0.15, -0.1) is 0 Å². The summed E-state index contributed by atoms with van der Waals surface area (Å²) in [7, 11) is 0. The summed E-state index contributed by atoms with van der Waals surface area (Å²) in [5, 5.41) is 0. The van der Waals surface area contributed by atoms with Crippen LogP contribution in [0.25, 0.3) is 0 Å². The van der Waals surface area contributed by atoms with E-state index >= 15 is 0 Å². The van der Waals surface area contributed by atoms with Gasteiger partial charge in [-0.2, -0.15) is 0 Å². The molecule has 2 heterocycles. The second-order valence-electron chi connectivity index (χ2n) is 5.70. The van der Waals surface area contributed by atoms with E-state index in [9.17, 15) is 0 Å².